The zero-order valence-corrected chi connectivity index (χ0v) is 17.3. The molecule has 0 aliphatic heterocycles. The van der Waals surface area contributed by atoms with Crippen LogP contribution in [0.15, 0.2) is 36.4 Å². The Morgan fingerprint density at radius 2 is 1.57 bits per heavy atom. The van der Waals surface area contributed by atoms with Gasteiger partial charge in [0, 0.05) is 29.6 Å². The smallest absolute Gasteiger partial charge is 0.229 e. The third-order valence-electron chi connectivity index (χ3n) is 4.23. The minimum absolute atomic E-state index is 0.473. The molecule has 0 bridgehead atoms. The second kappa shape index (κ2) is 8.35. The highest BCUT2D eigenvalue weighted by atomic mass is 35.5. The summed E-state index contributed by atoms with van der Waals surface area (Å²) in [6.45, 7) is 6.01. The molecule has 0 radical (unpaired) electrons. The van der Waals surface area contributed by atoms with E-state index < -0.39 is 0 Å². The first-order valence-corrected chi connectivity index (χ1v) is 9.16. The number of anilines is 4. The quantitative estimate of drug-likeness (QED) is 0.566. The van der Waals surface area contributed by atoms with Crippen LogP contribution < -0.4 is 20.1 Å². The van der Waals surface area contributed by atoms with Crippen molar-refractivity contribution in [2.45, 2.75) is 20.8 Å². The molecule has 0 spiro atoms. The number of hydrogen-bond donors (Lipinski definition) is 2. The highest BCUT2D eigenvalue weighted by molar-refractivity contribution is 6.32. The molecule has 0 atom stereocenters. The van der Waals surface area contributed by atoms with Crippen molar-refractivity contribution >= 4 is 34.7 Å². The number of halogens is 1. The van der Waals surface area contributed by atoms with E-state index in [9.17, 15) is 0 Å². The summed E-state index contributed by atoms with van der Waals surface area (Å²) in [5, 5.41) is 7.04. The fraction of sp³-hybridized carbons (Fsp3) is 0.238. The molecule has 0 unspecified atom stereocenters. The van der Waals surface area contributed by atoms with Crippen LogP contribution in [0.3, 0.4) is 0 Å². The molecule has 7 heteroatoms. The minimum Gasteiger partial charge on any atom is -0.495 e. The Bertz CT molecular complexity index is 1010. The average Bonchev–Trinajstić information content (AvgIpc) is 2.65. The van der Waals surface area contributed by atoms with Crippen molar-refractivity contribution in [3.05, 3.63) is 58.2 Å². The molecule has 0 amide bonds. The van der Waals surface area contributed by atoms with Crippen molar-refractivity contribution in [3.63, 3.8) is 0 Å². The molecule has 0 saturated heterocycles. The molecule has 146 valence electrons. The maximum atomic E-state index is 6.18. The van der Waals surface area contributed by atoms with Gasteiger partial charge in [0.15, 0.2) is 0 Å². The van der Waals surface area contributed by atoms with Crippen LogP contribution >= 0.6 is 11.6 Å². The van der Waals surface area contributed by atoms with E-state index in [4.69, 9.17) is 21.1 Å². The Kier molecular flexibility index (Phi) is 5.90. The van der Waals surface area contributed by atoms with Gasteiger partial charge in [0.2, 0.25) is 5.95 Å². The molecular formula is C21H23ClN4O2. The molecular weight excluding hydrogens is 376 g/mol. The van der Waals surface area contributed by atoms with Crippen molar-refractivity contribution in [2.75, 3.05) is 24.9 Å². The Morgan fingerprint density at radius 3 is 2.29 bits per heavy atom. The zero-order valence-electron chi connectivity index (χ0n) is 16.6. The first-order chi connectivity index (χ1) is 13.4. The third-order valence-corrected chi connectivity index (χ3v) is 4.53. The number of rotatable bonds is 6. The van der Waals surface area contributed by atoms with Crippen LogP contribution in [0, 0.1) is 20.8 Å². The topological polar surface area (TPSA) is 68.3 Å². The number of aryl methyl sites for hydroxylation is 3. The summed E-state index contributed by atoms with van der Waals surface area (Å²) in [6.07, 6.45) is 0. The molecule has 3 rings (SSSR count). The normalized spacial score (nSPS) is 10.5. The number of methoxy groups -OCH3 is 2. The minimum atomic E-state index is 0.473. The second-order valence-electron chi connectivity index (χ2n) is 6.47. The molecule has 0 fully saturated rings. The molecule has 3 aromatic rings. The van der Waals surface area contributed by atoms with Gasteiger partial charge in [-0.1, -0.05) is 23.7 Å². The van der Waals surface area contributed by atoms with Crippen molar-refractivity contribution in [2.24, 2.45) is 0 Å². The number of nitrogens with one attached hydrogen (secondary N) is 2. The van der Waals surface area contributed by atoms with E-state index in [0.29, 0.717) is 34.0 Å². The van der Waals surface area contributed by atoms with E-state index in [1.807, 2.05) is 19.9 Å². The number of nitrogens with zero attached hydrogens (tertiary/aromatic N) is 2. The van der Waals surface area contributed by atoms with Gasteiger partial charge >= 0.3 is 0 Å². The van der Waals surface area contributed by atoms with E-state index in [2.05, 4.69) is 45.7 Å². The van der Waals surface area contributed by atoms with Gasteiger partial charge in [0.1, 0.15) is 17.3 Å². The molecule has 1 aromatic heterocycles. The van der Waals surface area contributed by atoms with Crippen LogP contribution in [0.25, 0.3) is 0 Å². The zero-order chi connectivity index (χ0) is 20.3. The maximum absolute atomic E-state index is 6.18. The van der Waals surface area contributed by atoms with Gasteiger partial charge in [-0.25, -0.2) is 4.98 Å². The third kappa shape index (κ3) is 4.46. The summed E-state index contributed by atoms with van der Waals surface area (Å²) in [5.74, 6) is 2.27. The van der Waals surface area contributed by atoms with Crippen molar-refractivity contribution < 1.29 is 9.47 Å². The van der Waals surface area contributed by atoms with Crippen molar-refractivity contribution in [1.82, 2.24) is 9.97 Å². The summed E-state index contributed by atoms with van der Waals surface area (Å²) in [5.41, 5.74) is 4.78. The Morgan fingerprint density at radius 1 is 0.821 bits per heavy atom. The molecule has 0 saturated carbocycles. The lowest BCUT2D eigenvalue weighted by atomic mass is 10.1. The molecule has 6 nitrogen and oxygen atoms in total. The number of ether oxygens (including phenoxy) is 2. The molecule has 2 aromatic carbocycles. The molecule has 0 aliphatic carbocycles. The van der Waals surface area contributed by atoms with Crippen LogP contribution in [0.5, 0.6) is 11.5 Å². The van der Waals surface area contributed by atoms with Gasteiger partial charge in [-0.15, -0.1) is 0 Å². The van der Waals surface area contributed by atoms with Crippen LogP contribution in [-0.4, -0.2) is 24.2 Å². The van der Waals surface area contributed by atoms with Crippen molar-refractivity contribution in [3.8, 4) is 11.5 Å². The monoisotopic (exact) mass is 398 g/mol. The number of aromatic nitrogens is 2. The molecule has 1 heterocycles. The summed E-state index contributed by atoms with van der Waals surface area (Å²) in [6, 6.07) is 11.5. The summed E-state index contributed by atoms with van der Waals surface area (Å²) in [4.78, 5) is 9.08. The van der Waals surface area contributed by atoms with Crippen LogP contribution in [0.2, 0.25) is 5.02 Å². The largest absolute Gasteiger partial charge is 0.495 e. The Hall–Kier alpha value is -2.99. The van der Waals surface area contributed by atoms with E-state index in [-0.39, 0.29) is 0 Å². The van der Waals surface area contributed by atoms with Crippen LogP contribution in [0.4, 0.5) is 23.1 Å². The lowest BCUT2D eigenvalue weighted by Gasteiger charge is -2.15. The SMILES string of the molecule is COc1cc(Nc2cc(C)nc(Nc3cc(C)ccc3C)n2)c(OC)cc1Cl. The van der Waals surface area contributed by atoms with Crippen LogP contribution in [-0.2, 0) is 0 Å². The summed E-state index contributed by atoms with van der Waals surface area (Å²) in [7, 11) is 3.15. The highest BCUT2D eigenvalue weighted by Gasteiger charge is 2.12. The molecule has 28 heavy (non-hydrogen) atoms. The van der Waals surface area contributed by atoms with Crippen LogP contribution in [0.1, 0.15) is 16.8 Å². The summed E-state index contributed by atoms with van der Waals surface area (Å²) >= 11 is 6.18. The maximum Gasteiger partial charge on any atom is 0.229 e. The molecule has 2 N–H and O–H groups in total. The first kappa shape index (κ1) is 19.8. The van der Waals surface area contributed by atoms with Crippen molar-refractivity contribution in [1.29, 1.82) is 0 Å². The van der Waals surface area contributed by atoms with Gasteiger partial charge in [-0.3, -0.25) is 0 Å². The van der Waals surface area contributed by atoms with E-state index in [1.54, 1.807) is 26.4 Å². The number of benzene rings is 2. The second-order valence-corrected chi connectivity index (χ2v) is 6.88. The first-order valence-electron chi connectivity index (χ1n) is 8.78. The van der Waals surface area contributed by atoms with Gasteiger partial charge < -0.3 is 20.1 Å². The predicted molar refractivity (Wildman–Crippen MR) is 114 cm³/mol. The standard InChI is InChI=1S/C21H23ClN4O2/c1-12-6-7-13(2)16(8-12)25-21-23-14(3)9-20(26-21)24-17-11-18(27-4)15(22)10-19(17)28-5/h6-11H,1-5H3,(H2,23,24,25,26). The van der Waals surface area contributed by atoms with E-state index in [1.165, 1.54) is 0 Å². The summed E-state index contributed by atoms with van der Waals surface area (Å²) < 4.78 is 10.7. The Balaban J connectivity index is 1.93. The van der Waals surface area contributed by atoms with Gasteiger partial charge in [-0.2, -0.15) is 4.98 Å². The lowest BCUT2D eigenvalue weighted by molar-refractivity contribution is 0.405. The van der Waals surface area contributed by atoms with Gasteiger partial charge in [-0.05, 0) is 38.0 Å². The van der Waals surface area contributed by atoms with E-state index in [0.717, 1.165) is 22.5 Å². The van der Waals surface area contributed by atoms with Gasteiger partial charge in [0.05, 0.1) is 24.9 Å². The Labute approximate surface area is 169 Å². The lowest BCUT2D eigenvalue weighted by Crippen LogP contribution is -2.04. The highest BCUT2D eigenvalue weighted by Crippen LogP contribution is 2.37. The fourth-order valence-electron chi connectivity index (χ4n) is 2.78. The predicted octanol–water partition coefficient (Wildman–Crippen LogP) is 5.56. The van der Waals surface area contributed by atoms with Gasteiger partial charge in [0.25, 0.3) is 0 Å². The number of hydrogen-bond acceptors (Lipinski definition) is 6. The van der Waals surface area contributed by atoms with E-state index >= 15 is 0 Å². The fourth-order valence-corrected chi connectivity index (χ4v) is 3.01. The average molecular weight is 399 g/mol. The molecule has 0 aliphatic rings.